The number of hydrogen-bond acceptors (Lipinski definition) is 1. The molecule has 0 saturated heterocycles. The Kier molecular flexibility index (Phi) is 2.69. The lowest BCUT2D eigenvalue weighted by Crippen LogP contribution is -2.04. The second kappa shape index (κ2) is 3.78. The van der Waals surface area contributed by atoms with E-state index in [-0.39, 0.29) is 6.10 Å². The molecule has 1 nitrogen and oxygen atoms in total. The Morgan fingerprint density at radius 3 is 2.25 bits per heavy atom. The molecule has 2 aliphatic rings. The molecule has 2 aliphatic carbocycles. The van der Waals surface area contributed by atoms with Crippen molar-refractivity contribution < 1.29 is 5.11 Å². The monoisotopic (exact) mass is 168 g/mol. The first-order chi connectivity index (χ1) is 5.84. The zero-order chi connectivity index (χ0) is 8.39. The molecule has 0 amide bonds. The van der Waals surface area contributed by atoms with Crippen LogP contribution in [0.25, 0.3) is 0 Å². The van der Waals surface area contributed by atoms with E-state index in [1.54, 1.807) is 0 Å². The van der Waals surface area contributed by atoms with Gasteiger partial charge in [-0.2, -0.15) is 0 Å². The van der Waals surface area contributed by atoms with Crippen molar-refractivity contribution in [1.82, 2.24) is 0 Å². The van der Waals surface area contributed by atoms with Crippen molar-refractivity contribution in [2.24, 2.45) is 11.8 Å². The number of hydrogen-bond donors (Lipinski definition) is 1. The zero-order valence-corrected chi connectivity index (χ0v) is 7.84. The van der Waals surface area contributed by atoms with Gasteiger partial charge in [-0.1, -0.05) is 25.7 Å². The van der Waals surface area contributed by atoms with Crippen LogP contribution in [-0.2, 0) is 0 Å². The number of aliphatic hydroxyl groups excluding tert-OH is 1. The highest BCUT2D eigenvalue weighted by Gasteiger charge is 2.26. The van der Waals surface area contributed by atoms with E-state index in [0.29, 0.717) is 0 Å². The van der Waals surface area contributed by atoms with Gasteiger partial charge in [-0.3, -0.25) is 0 Å². The van der Waals surface area contributed by atoms with Crippen LogP contribution in [-0.4, -0.2) is 11.2 Å². The van der Waals surface area contributed by atoms with Gasteiger partial charge in [-0.25, -0.2) is 0 Å². The maximum Gasteiger partial charge on any atom is 0.0543 e. The molecule has 12 heavy (non-hydrogen) atoms. The van der Waals surface area contributed by atoms with Crippen LogP contribution in [0.3, 0.4) is 0 Å². The van der Waals surface area contributed by atoms with Gasteiger partial charge in [-0.15, -0.1) is 0 Å². The molecule has 0 radical (unpaired) electrons. The molecule has 2 unspecified atom stereocenters. The van der Waals surface area contributed by atoms with Gasteiger partial charge in [0.25, 0.3) is 0 Å². The third-order valence-corrected chi connectivity index (χ3v) is 3.65. The van der Waals surface area contributed by atoms with Crippen LogP contribution in [0.2, 0.25) is 0 Å². The molecule has 0 spiro atoms. The van der Waals surface area contributed by atoms with Gasteiger partial charge in [0.15, 0.2) is 0 Å². The highest BCUT2D eigenvalue weighted by Crippen LogP contribution is 2.36. The van der Waals surface area contributed by atoms with Crippen LogP contribution in [0.1, 0.15) is 51.4 Å². The molecular weight excluding hydrogens is 148 g/mol. The third-order valence-electron chi connectivity index (χ3n) is 3.65. The molecule has 2 atom stereocenters. The Morgan fingerprint density at radius 2 is 1.67 bits per heavy atom. The lowest BCUT2D eigenvalue weighted by atomic mass is 9.92. The van der Waals surface area contributed by atoms with Crippen LogP contribution in [0.5, 0.6) is 0 Å². The van der Waals surface area contributed by atoms with E-state index in [1.807, 2.05) is 0 Å². The quantitative estimate of drug-likeness (QED) is 0.672. The van der Waals surface area contributed by atoms with Crippen LogP contribution in [0.4, 0.5) is 0 Å². The van der Waals surface area contributed by atoms with Crippen molar-refractivity contribution >= 4 is 0 Å². The molecule has 70 valence electrons. The second-order valence-electron chi connectivity index (χ2n) is 4.72. The summed E-state index contributed by atoms with van der Waals surface area (Å²) in [6.45, 7) is 0. The van der Waals surface area contributed by atoms with E-state index < -0.39 is 0 Å². The Bertz CT molecular complexity index is 138. The van der Waals surface area contributed by atoms with Crippen molar-refractivity contribution in [3.63, 3.8) is 0 Å². The normalized spacial score (nSPS) is 37.8. The van der Waals surface area contributed by atoms with Crippen molar-refractivity contribution in [2.45, 2.75) is 57.5 Å². The van der Waals surface area contributed by atoms with Crippen LogP contribution >= 0.6 is 0 Å². The lowest BCUT2D eigenvalue weighted by molar-refractivity contribution is 0.175. The highest BCUT2D eigenvalue weighted by atomic mass is 16.3. The lowest BCUT2D eigenvalue weighted by Gasteiger charge is -2.14. The first kappa shape index (κ1) is 8.55. The van der Waals surface area contributed by atoms with Gasteiger partial charge in [0.1, 0.15) is 0 Å². The largest absolute Gasteiger partial charge is 0.393 e. The standard InChI is InChI=1S/C11H20O/c12-11-6-5-10(8-11)7-9-3-1-2-4-9/h9-12H,1-8H2. The van der Waals surface area contributed by atoms with Crippen LogP contribution in [0.15, 0.2) is 0 Å². The summed E-state index contributed by atoms with van der Waals surface area (Å²) in [4.78, 5) is 0. The van der Waals surface area contributed by atoms with Crippen molar-refractivity contribution in [3.8, 4) is 0 Å². The molecule has 2 saturated carbocycles. The Balaban J connectivity index is 1.72. The predicted octanol–water partition coefficient (Wildman–Crippen LogP) is 2.73. The number of rotatable bonds is 2. The molecular formula is C11H20O. The summed E-state index contributed by atoms with van der Waals surface area (Å²) >= 11 is 0. The predicted molar refractivity (Wildman–Crippen MR) is 49.9 cm³/mol. The zero-order valence-electron chi connectivity index (χ0n) is 7.84. The fraction of sp³-hybridized carbons (Fsp3) is 1.00. The van der Waals surface area contributed by atoms with Crippen molar-refractivity contribution in [1.29, 1.82) is 0 Å². The minimum atomic E-state index is 0.0383. The first-order valence-corrected chi connectivity index (χ1v) is 5.52. The number of aliphatic hydroxyl groups is 1. The van der Waals surface area contributed by atoms with Crippen LogP contribution in [0, 0.1) is 11.8 Å². The summed E-state index contributed by atoms with van der Waals surface area (Å²) < 4.78 is 0. The second-order valence-corrected chi connectivity index (χ2v) is 4.72. The molecule has 0 heterocycles. The topological polar surface area (TPSA) is 20.2 Å². The summed E-state index contributed by atoms with van der Waals surface area (Å²) in [5.74, 6) is 1.88. The van der Waals surface area contributed by atoms with Gasteiger partial charge in [0, 0.05) is 0 Å². The Hall–Kier alpha value is -0.0400. The molecule has 1 N–H and O–H groups in total. The smallest absolute Gasteiger partial charge is 0.0543 e. The van der Waals surface area contributed by atoms with Gasteiger partial charge >= 0.3 is 0 Å². The SMILES string of the molecule is OC1CCC(CC2CCCC2)C1. The average Bonchev–Trinajstić information content (AvgIpc) is 2.63. The average molecular weight is 168 g/mol. The van der Waals surface area contributed by atoms with Crippen LogP contribution < -0.4 is 0 Å². The van der Waals surface area contributed by atoms with E-state index in [9.17, 15) is 5.11 Å². The van der Waals surface area contributed by atoms with Crippen molar-refractivity contribution in [3.05, 3.63) is 0 Å². The molecule has 0 aromatic heterocycles. The minimum absolute atomic E-state index is 0.0383. The van der Waals surface area contributed by atoms with Gasteiger partial charge in [0.05, 0.1) is 6.10 Å². The van der Waals surface area contributed by atoms with E-state index in [1.165, 1.54) is 38.5 Å². The summed E-state index contributed by atoms with van der Waals surface area (Å²) in [6, 6.07) is 0. The van der Waals surface area contributed by atoms with E-state index >= 15 is 0 Å². The first-order valence-electron chi connectivity index (χ1n) is 5.52. The summed E-state index contributed by atoms with van der Waals surface area (Å²) in [5, 5.41) is 9.37. The maximum atomic E-state index is 9.37. The molecule has 1 heteroatoms. The van der Waals surface area contributed by atoms with E-state index in [0.717, 1.165) is 24.7 Å². The van der Waals surface area contributed by atoms with Gasteiger partial charge in [-0.05, 0) is 37.5 Å². The Morgan fingerprint density at radius 1 is 0.917 bits per heavy atom. The molecule has 0 bridgehead atoms. The Labute approximate surface area is 75.2 Å². The van der Waals surface area contributed by atoms with E-state index in [4.69, 9.17) is 0 Å². The maximum absolute atomic E-state index is 9.37. The summed E-state index contributed by atoms with van der Waals surface area (Å²) in [6.07, 6.45) is 10.7. The molecule has 2 fully saturated rings. The molecule has 0 aliphatic heterocycles. The van der Waals surface area contributed by atoms with Gasteiger partial charge < -0.3 is 5.11 Å². The van der Waals surface area contributed by atoms with E-state index in [2.05, 4.69) is 0 Å². The molecule has 0 aromatic rings. The molecule has 2 rings (SSSR count). The van der Waals surface area contributed by atoms with Crippen molar-refractivity contribution in [2.75, 3.05) is 0 Å². The third kappa shape index (κ3) is 2.01. The fourth-order valence-electron chi connectivity index (χ4n) is 2.98. The summed E-state index contributed by atoms with van der Waals surface area (Å²) in [7, 11) is 0. The summed E-state index contributed by atoms with van der Waals surface area (Å²) in [5.41, 5.74) is 0. The fourth-order valence-corrected chi connectivity index (χ4v) is 2.98. The van der Waals surface area contributed by atoms with Gasteiger partial charge in [0.2, 0.25) is 0 Å². The molecule has 0 aromatic carbocycles. The minimum Gasteiger partial charge on any atom is -0.393 e. The highest BCUT2D eigenvalue weighted by molar-refractivity contribution is 4.78.